The van der Waals surface area contributed by atoms with Crippen LogP contribution in [0, 0.1) is 6.92 Å². The first kappa shape index (κ1) is 20.2. The lowest BCUT2D eigenvalue weighted by molar-refractivity contribution is 0.0843. The number of fused-ring (bicyclic) bond motifs is 2. The van der Waals surface area contributed by atoms with Gasteiger partial charge in [-0.3, -0.25) is 30.2 Å². The number of aromatic nitrogens is 3. The van der Waals surface area contributed by atoms with E-state index in [0.29, 0.717) is 35.0 Å². The van der Waals surface area contributed by atoms with Crippen molar-refractivity contribution in [3.63, 3.8) is 0 Å². The van der Waals surface area contributed by atoms with Gasteiger partial charge in [0.1, 0.15) is 0 Å². The number of hydrogen-bond acceptors (Lipinski definition) is 5. The number of hydrogen-bond donors (Lipinski definition) is 2. The highest BCUT2D eigenvalue weighted by atomic mass is 16.2. The van der Waals surface area contributed by atoms with Crippen molar-refractivity contribution in [2.24, 2.45) is 0 Å². The van der Waals surface area contributed by atoms with Crippen LogP contribution in [0.3, 0.4) is 0 Å². The maximum atomic E-state index is 12.8. The molecule has 0 bridgehead atoms. The van der Waals surface area contributed by atoms with Crippen molar-refractivity contribution in [3.05, 3.63) is 81.9 Å². The number of benzene rings is 2. The quantitative estimate of drug-likeness (QED) is 0.499. The molecule has 4 aromatic rings. The third kappa shape index (κ3) is 3.87. The minimum absolute atomic E-state index is 0.0670. The van der Waals surface area contributed by atoms with E-state index < -0.39 is 11.8 Å². The van der Waals surface area contributed by atoms with E-state index in [2.05, 4.69) is 20.9 Å². The molecule has 2 aromatic carbocycles. The highest BCUT2D eigenvalue weighted by Gasteiger charge is 2.18. The number of nitrogens with one attached hydrogen (secondary N) is 2. The Balaban J connectivity index is 1.61. The van der Waals surface area contributed by atoms with Crippen molar-refractivity contribution >= 4 is 33.5 Å². The van der Waals surface area contributed by atoms with E-state index in [0.717, 1.165) is 10.9 Å². The first-order chi connectivity index (χ1) is 15.0. The van der Waals surface area contributed by atoms with Gasteiger partial charge >= 0.3 is 0 Å². The van der Waals surface area contributed by atoms with Gasteiger partial charge in [-0.2, -0.15) is 5.10 Å². The summed E-state index contributed by atoms with van der Waals surface area (Å²) in [6, 6.07) is 16.0. The molecule has 2 aromatic heterocycles. The molecule has 156 valence electrons. The summed E-state index contributed by atoms with van der Waals surface area (Å²) in [4.78, 5) is 42.6. The van der Waals surface area contributed by atoms with E-state index >= 15 is 0 Å². The van der Waals surface area contributed by atoms with Crippen LogP contribution < -0.4 is 16.4 Å². The Kier molecular flexibility index (Phi) is 5.44. The molecule has 0 fully saturated rings. The fraction of sp³-hybridized carbons (Fsp3) is 0.174. The highest BCUT2D eigenvalue weighted by molar-refractivity contribution is 6.06. The van der Waals surface area contributed by atoms with Crippen molar-refractivity contribution in [2.75, 3.05) is 0 Å². The lowest BCUT2D eigenvalue weighted by Gasteiger charge is -2.12. The van der Waals surface area contributed by atoms with E-state index in [9.17, 15) is 14.4 Å². The predicted molar refractivity (Wildman–Crippen MR) is 118 cm³/mol. The van der Waals surface area contributed by atoms with Crippen LogP contribution in [-0.4, -0.2) is 26.6 Å². The Morgan fingerprint density at radius 1 is 0.968 bits per heavy atom. The van der Waals surface area contributed by atoms with Gasteiger partial charge in [-0.25, -0.2) is 4.68 Å². The second kappa shape index (κ2) is 8.35. The topological polar surface area (TPSA) is 106 Å². The summed E-state index contributed by atoms with van der Waals surface area (Å²) in [6.07, 6.45) is 0.692. The van der Waals surface area contributed by atoms with Crippen molar-refractivity contribution < 1.29 is 9.59 Å². The van der Waals surface area contributed by atoms with Gasteiger partial charge in [-0.15, -0.1) is 0 Å². The fourth-order valence-electron chi connectivity index (χ4n) is 3.45. The van der Waals surface area contributed by atoms with Gasteiger partial charge in [0.2, 0.25) is 0 Å². The highest BCUT2D eigenvalue weighted by Crippen LogP contribution is 2.16. The van der Waals surface area contributed by atoms with Crippen molar-refractivity contribution in [1.82, 2.24) is 25.6 Å². The molecule has 2 N–H and O–H groups in total. The summed E-state index contributed by atoms with van der Waals surface area (Å²) in [7, 11) is 0. The second-order valence-corrected chi connectivity index (χ2v) is 7.14. The number of amides is 2. The number of para-hydroxylation sites is 1. The number of hydrazine groups is 1. The van der Waals surface area contributed by atoms with Crippen molar-refractivity contribution in [2.45, 2.75) is 26.8 Å². The van der Waals surface area contributed by atoms with Crippen molar-refractivity contribution in [3.8, 4) is 0 Å². The van der Waals surface area contributed by atoms with Crippen molar-refractivity contribution in [1.29, 1.82) is 0 Å². The molecular formula is C23H21N5O3. The van der Waals surface area contributed by atoms with Gasteiger partial charge in [-0.1, -0.05) is 43.3 Å². The maximum absolute atomic E-state index is 12.8. The summed E-state index contributed by atoms with van der Waals surface area (Å²) >= 11 is 0. The minimum Gasteiger partial charge on any atom is -0.267 e. The Hall–Kier alpha value is -4.07. The molecule has 0 aliphatic heterocycles. The van der Waals surface area contributed by atoms with Crippen LogP contribution in [0.15, 0.2) is 59.4 Å². The molecule has 8 heteroatoms. The molecule has 0 unspecified atom stereocenters. The summed E-state index contributed by atoms with van der Waals surface area (Å²) in [5.41, 5.74) is 6.34. The van der Waals surface area contributed by atoms with Gasteiger partial charge in [0.05, 0.1) is 22.2 Å². The van der Waals surface area contributed by atoms with Crippen LogP contribution in [0.5, 0.6) is 0 Å². The van der Waals surface area contributed by atoms with Crippen LogP contribution in [0.4, 0.5) is 0 Å². The van der Waals surface area contributed by atoms with E-state index in [1.165, 1.54) is 4.68 Å². The van der Waals surface area contributed by atoms with Crippen LogP contribution in [0.25, 0.3) is 21.7 Å². The SMILES string of the molecule is CCCn1nc(C(=O)NNC(=O)c2cc3ccccc3nc2C)c2ccccc2c1=O. The molecular weight excluding hydrogens is 394 g/mol. The lowest BCUT2D eigenvalue weighted by Crippen LogP contribution is -2.43. The van der Waals surface area contributed by atoms with Gasteiger partial charge < -0.3 is 0 Å². The van der Waals surface area contributed by atoms with Gasteiger partial charge in [0.25, 0.3) is 17.4 Å². The molecule has 0 aliphatic carbocycles. The Morgan fingerprint density at radius 3 is 2.42 bits per heavy atom. The minimum atomic E-state index is -0.610. The molecule has 0 saturated carbocycles. The number of nitrogens with zero attached hydrogens (tertiary/aromatic N) is 3. The molecule has 2 amide bonds. The standard InChI is InChI=1S/C23H21N5O3/c1-3-12-28-23(31)17-10-6-5-9-16(17)20(27-28)22(30)26-25-21(29)18-13-15-8-4-7-11-19(15)24-14(18)2/h4-11,13H,3,12H2,1-2H3,(H,25,29)(H,26,30). The molecule has 0 atom stereocenters. The molecule has 0 saturated heterocycles. The molecule has 0 radical (unpaired) electrons. The molecule has 2 heterocycles. The summed E-state index contributed by atoms with van der Waals surface area (Å²) in [6.45, 7) is 4.04. The zero-order chi connectivity index (χ0) is 22.0. The zero-order valence-corrected chi connectivity index (χ0v) is 17.2. The smallest absolute Gasteiger partial charge is 0.267 e. The van der Waals surface area contributed by atoms with E-state index in [1.54, 1.807) is 37.3 Å². The number of pyridine rings is 1. The predicted octanol–water partition coefficient (Wildman–Crippen LogP) is 2.74. The largest absolute Gasteiger partial charge is 0.290 e. The third-order valence-corrected chi connectivity index (χ3v) is 4.97. The molecule has 0 spiro atoms. The Labute approximate surface area is 177 Å². The number of carbonyl (C=O) groups excluding carboxylic acids is 2. The van der Waals surface area contributed by atoms with Crippen LogP contribution in [0.2, 0.25) is 0 Å². The number of rotatable bonds is 4. The number of carbonyl (C=O) groups is 2. The van der Waals surface area contributed by atoms with E-state index in [-0.39, 0.29) is 11.3 Å². The summed E-state index contributed by atoms with van der Waals surface area (Å²) < 4.78 is 1.27. The third-order valence-electron chi connectivity index (χ3n) is 4.97. The average molecular weight is 415 g/mol. The molecule has 8 nitrogen and oxygen atoms in total. The van der Waals surface area contributed by atoms with Crippen LogP contribution >= 0.6 is 0 Å². The summed E-state index contributed by atoms with van der Waals surface area (Å²) in [5, 5.41) is 5.88. The second-order valence-electron chi connectivity index (χ2n) is 7.14. The average Bonchev–Trinajstić information content (AvgIpc) is 2.78. The van der Waals surface area contributed by atoms with Crippen LogP contribution in [0.1, 0.15) is 39.9 Å². The molecule has 31 heavy (non-hydrogen) atoms. The first-order valence-electron chi connectivity index (χ1n) is 9.96. The monoisotopic (exact) mass is 415 g/mol. The summed E-state index contributed by atoms with van der Waals surface area (Å²) in [5.74, 6) is -1.10. The normalized spacial score (nSPS) is 10.9. The molecule has 0 aliphatic rings. The van der Waals surface area contributed by atoms with Gasteiger partial charge in [0, 0.05) is 17.3 Å². The Morgan fingerprint density at radius 2 is 1.65 bits per heavy atom. The maximum Gasteiger partial charge on any atom is 0.290 e. The zero-order valence-electron chi connectivity index (χ0n) is 17.2. The van der Waals surface area contributed by atoms with E-state index in [1.807, 2.05) is 31.2 Å². The van der Waals surface area contributed by atoms with Gasteiger partial charge in [-0.05, 0) is 31.5 Å². The molecule has 4 rings (SSSR count). The Bertz CT molecular complexity index is 1380. The van der Waals surface area contributed by atoms with Gasteiger partial charge in [0.15, 0.2) is 5.69 Å². The van der Waals surface area contributed by atoms with Crippen LogP contribution in [-0.2, 0) is 6.54 Å². The number of aryl methyl sites for hydroxylation is 2. The fourth-order valence-corrected chi connectivity index (χ4v) is 3.45. The lowest BCUT2D eigenvalue weighted by atomic mass is 10.1. The first-order valence-corrected chi connectivity index (χ1v) is 9.96. The van der Waals surface area contributed by atoms with E-state index in [4.69, 9.17) is 0 Å².